The van der Waals surface area contributed by atoms with Gasteiger partial charge in [-0.1, -0.05) is 6.92 Å². The first kappa shape index (κ1) is 10.3. The summed E-state index contributed by atoms with van der Waals surface area (Å²) in [6.45, 7) is 5.95. The number of ketones is 1. The molecule has 0 aliphatic carbocycles. The number of Topliss-reactive ketones (excluding diaryl/α,β-unsaturated/α-hetero) is 1. The largest absolute Gasteiger partial charge is 0.308 e. The summed E-state index contributed by atoms with van der Waals surface area (Å²) in [5.74, 6) is 0.0434. The third kappa shape index (κ3) is 2.80. The Labute approximate surface area is 67.9 Å². The molecular formula is C8H16N2O. The summed E-state index contributed by atoms with van der Waals surface area (Å²) < 4.78 is 0. The number of carbonyl (C=O) groups excluding carboxylic acids is 1. The summed E-state index contributed by atoms with van der Waals surface area (Å²) >= 11 is 0. The Bertz CT molecular complexity index is 151. The molecule has 0 radical (unpaired) electrons. The lowest BCUT2D eigenvalue weighted by Gasteiger charge is -2.23. The molecule has 0 spiro atoms. The van der Waals surface area contributed by atoms with Gasteiger partial charge >= 0.3 is 0 Å². The average Bonchev–Trinajstić information content (AvgIpc) is 1.85. The second kappa shape index (κ2) is 4.23. The molecule has 1 atom stereocenters. The highest BCUT2D eigenvalue weighted by Gasteiger charge is 2.19. The molecule has 0 aliphatic rings. The molecule has 0 aromatic carbocycles. The molecule has 0 saturated heterocycles. The molecule has 0 aromatic rings. The highest BCUT2D eigenvalue weighted by atomic mass is 16.1. The van der Waals surface area contributed by atoms with Crippen LogP contribution in [0.25, 0.3) is 0 Å². The van der Waals surface area contributed by atoms with Crippen LogP contribution in [-0.2, 0) is 4.79 Å². The van der Waals surface area contributed by atoms with Crippen LogP contribution in [0.3, 0.4) is 0 Å². The smallest absolute Gasteiger partial charge is 0.152 e. The molecule has 11 heavy (non-hydrogen) atoms. The quantitative estimate of drug-likeness (QED) is 0.615. The van der Waals surface area contributed by atoms with Crippen LogP contribution in [0.15, 0.2) is 0 Å². The zero-order chi connectivity index (χ0) is 9.02. The highest BCUT2D eigenvalue weighted by Crippen LogP contribution is 1.98. The summed E-state index contributed by atoms with van der Waals surface area (Å²) in [7, 11) is 1.85. The highest BCUT2D eigenvalue weighted by molar-refractivity contribution is 6.05. The lowest BCUT2D eigenvalue weighted by Crippen LogP contribution is -2.42. The Morgan fingerprint density at radius 2 is 2.00 bits per heavy atom. The van der Waals surface area contributed by atoms with Gasteiger partial charge in [0, 0.05) is 5.71 Å². The fourth-order valence-electron chi connectivity index (χ4n) is 1.13. The molecule has 0 aromatic heterocycles. The van der Waals surface area contributed by atoms with E-state index in [2.05, 4.69) is 0 Å². The molecule has 0 aliphatic heterocycles. The van der Waals surface area contributed by atoms with Gasteiger partial charge in [0.15, 0.2) is 5.78 Å². The fourth-order valence-corrected chi connectivity index (χ4v) is 1.13. The van der Waals surface area contributed by atoms with Gasteiger partial charge in [-0.3, -0.25) is 9.69 Å². The van der Waals surface area contributed by atoms with Gasteiger partial charge in [-0.2, -0.15) is 0 Å². The molecular weight excluding hydrogens is 140 g/mol. The minimum atomic E-state index is -0.319. The van der Waals surface area contributed by atoms with Crippen molar-refractivity contribution in [2.75, 3.05) is 13.6 Å². The maximum atomic E-state index is 11.0. The van der Waals surface area contributed by atoms with Crippen molar-refractivity contribution in [3.8, 4) is 0 Å². The van der Waals surface area contributed by atoms with E-state index in [4.69, 9.17) is 5.41 Å². The molecule has 0 saturated carbocycles. The molecule has 1 N–H and O–H groups in total. The van der Waals surface area contributed by atoms with Crippen LogP contribution in [0, 0.1) is 5.41 Å². The fraction of sp³-hybridized carbons (Fsp3) is 0.750. The lowest BCUT2D eigenvalue weighted by molar-refractivity contribution is -0.119. The van der Waals surface area contributed by atoms with Crippen molar-refractivity contribution in [3.05, 3.63) is 0 Å². The van der Waals surface area contributed by atoms with Crippen molar-refractivity contribution in [2.45, 2.75) is 26.8 Å². The Morgan fingerprint density at radius 3 is 2.09 bits per heavy atom. The van der Waals surface area contributed by atoms with E-state index in [9.17, 15) is 4.79 Å². The topological polar surface area (TPSA) is 44.2 Å². The Kier molecular flexibility index (Phi) is 3.97. The van der Waals surface area contributed by atoms with E-state index in [0.29, 0.717) is 5.71 Å². The predicted molar refractivity (Wildman–Crippen MR) is 46.2 cm³/mol. The molecule has 0 heterocycles. The minimum Gasteiger partial charge on any atom is -0.308 e. The van der Waals surface area contributed by atoms with Crippen molar-refractivity contribution in [3.63, 3.8) is 0 Å². The van der Waals surface area contributed by atoms with Gasteiger partial charge in [0.2, 0.25) is 0 Å². The van der Waals surface area contributed by atoms with Crippen molar-refractivity contribution in [1.82, 2.24) is 4.90 Å². The summed E-state index contributed by atoms with van der Waals surface area (Å²) in [5.41, 5.74) is 0.418. The van der Waals surface area contributed by atoms with E-state index >= 15 is 0 Å². The van der Waals surface area contributed by atoms with Crippen LogP contribution < -0.4 is 0 Å². The van der Waals surface area contributed by atoms with Crippen molar-refractivity contribution < 1.29 is 4.79 Å². The van der Waals surface area contributed by atoms with Gasteiger partial charge in [-0.25, -0.2) is 0 Å². The van der Waals surface area contributed by atoms with E-state index < -0.39 is 0 Å². The third-order valence-corrected chi connectivity index (χ3v) is 1.73. The van der Waals surface area contributed by atoms with Gasteiger partial charge in [0.25, 0.3) is 0 Å². The van der Waals surface area contributed by atoms with Crippen LogP contribution in [0.4, 0.5) is 0 Å². The normalized spacial score (nSPS) is 13.2. The molecule has 3 heteroatoms. The van der Waals surface area contributed by atoms with Crippen LogP contribution >= 0.6 is 0 Å². The average molecular weight is 156 g/mol. The second-order valence-corrected chi connectivity index (χ2v) is 2.77. The van der Waals surface area contributed by atoms with Crippen LogP contribution in [-0.4, -0.2) is 36.0 Å². The molecule has 0 rings (SSSR count). The van der Waals surface area contributed by atoms with Crippen LogP contribution in [0.2, 0.25) is 0 Å². The molecule has 0 amide bonds. The number of nitrogens with zero attached hydrogens (tertiary/aromatic N) is 1. The van der Waals surface area contributed by atoms with Crippen molar-refractivity contribution in [1.29, 1.82) is 5.41 Å². The first-order valence-corrected chi connectivity index (χ1v) is 3.76. The molecule has 3 nitrogen and oxygen atoms in total. The summed E-state index contributed by atoms with van der Waals surface area (Å²) in [4.78, 5) is 12.9. The van der Waals surface area contributed by atoms with Gasteiger partial charge in [-0.05, 0) is 27.4 Å². The Hall–Kier alpha value is -0.700. The van der Waals surface area contributed by atoms with Gasteiger partial charge < -0.3 is 5.41 Å². The summed E-state index contributed by atoms with van der Waals surface area (Å²) in [6.07, 6.45) is 0. The maximum absolute atomic E-state index is 11.0. The zero-order valence-electron chi connectivity index (χ0n) is 7.64. The van der Waals surface area contributed by atoms with Gasteiger partial charge in [-0.15, -0.1) is 0 Å². The van der Waals surface area contributed by atoms with E-state index in [0.717, 1.165) is 6.54 Å². The van der Waals surface area contributed by atoms with Crippen LogP contribution in [0.1, 0.15) is 20.8 Å². The van der Waals surface area contributed by atoms with Crippen LogP contribution in [0.5, 0.6) is 0 Å². The van der Waals surface area contributed by atoms with E-state index in [-0.39, 0.29) is 11.8 Å². The van der Waals surface area contributed by atoms with Gasteiger partial charge in [0.1, 0.15) is 6.04 Å². The zero-order valence-corrected chi connectivity index (χ0v) is 7.64. The number of nitrogens with one attached hydrogen (secondary N) is 1. The number of hydrogen-bond acceptors (Lipinski definition) is 3. The van der Waals surface area contributed by atoms with E-state index in [1.807, 2.05) is 18.9 Å². The van der Waals surface area contributed by atoms with Gasteiger partial charge in [0.05, 0.1) is 0 Å². The number of carbonyl (C=O) groups is 1. The predicted octanol–water partition coefficient (Wildman–Crippen LogP) is 0.935. The molecule has 1 unspecified atom stereocenters. The van der Waals surface area contributed by atoms with Crippen molar-refractivity contribution >= 4 is 11.5 Å². The molecule has 64 valence electrons. The Morgan fingerprint density at radius 1 is 1.55 bits per heavy atom. The minimum absolute atomic E-state index is 0.0434. The first-order valence-electron chi connectivity index (χ1n) is 3.76. The van der Waals surface area contributed by atoms with E-state index in [1.165, 1.54) is 6.92 Å². The standard InChI is InChI=1S/C8H16N2O/c1-5-10(4)8(6(2)9)7(3)11/h8-9H,5H2,1-4H3. The lowest BCUT2D eigenvalue weighted by atomic mass is 10.1. The third-order valence-electron chi connectivity index (χ3n) is 1.73. The summed E-state index contributed by atoms with van der Waals surface area (Å²) in [5, 5.41) is 7.35. The van der Waals surface area contributed by atoms with Crippen molar-refractivity contribution in [2.24, 2.45) is 0 Å². The summed E-state index contributed by atoms with van der Waals surface area (Å²) in [6, 6.07) is -0.319. The number of rotatable bonds is 4. The molecule has 0 fully saturated rings. The number of hydrogen-bond donors (Lipinski definition) is 1. The molecule has 0 bridgehead atoms. The number of likely N-dealkylation sites (N-methyl/N-ethyl adjacent to an activating group) is 1. The monoisotopic (exact) mass is 156 g/mol. The Balaban J connectivity index is 4.34. The second-order valence-electron chi connectivity index (χ2n) is 2.77. The SMILES string of the molecule is CCN(C)C(C(C)=N)C(C)=O. The first-order chi connectivity index (χ1) is 5.00. The van der Waals surface area contributed by atoms with E-state index in [1.54, 1.807) is 6.92 Å². The maximum Gasteiger partial charge on any atom is 0.152 e.